The summed E-state index contributed by atoms with van der Waals surface area (Å²) in [5.41, 5.74) is 0. The summed E-state index contributed by atoms with van der Waals surface area (Å²) in [6.45, 7) is 0. The van der Waals surface area contributed by atoms with Gasteiger partial charge in [-0.2, -0.15) is 0 Å². The molecule has 0 bridgehead atoms. The molecule has 0 aliphatic rings. The summed E-state index contributed by atoms with van der Waals surface area (Å²) in [6.07, 6.45) is 1.000. The van der Waals surface area contributed by atoms with Crippen LogP contribution in [-0.2, 0) is 0 Å². The molecule has 0 unspecified atom stereocenters. The Labute approximate surface area is 58.5 Å². The van der Waals surface area contributed by atoms with Gasteiger partial charge in [-0.05, 0) is 0 Å². The van der Waals surface area contributed by atoms with Crippen molar-refractivity contribution >= 4 is 57.8 Å². The Bertz CT molecular complexity index is 35.3. The quantitative estimate of drug-likeness (QED) is 0.306. The van der Waals surface area contributed by atoms with Crippen molar-refractivity contribution in [2.24, 2.45) is 0 Å². The molecule has 0 amide bonds. The topological polar surface area (TPSA) is 0 Å². The molecule has 0 heterocycles. The largest absolute Gasteiger partial charge is 0.0597 e. The summed E-state index contributed by atoms with van der Waals surface area (Å²) >= 11 is 0. The van der Waals surface area contributed by atoms with Gasteiger partial charge in [0.1, 0.15) is 0 Å². The summed E-state index contributed by atoms with van der Waals surface area (Å²) < 4.78 is 0. The molecule has 0 spiro atoms. The third-order valence-electron chi connectivity index (χ3n) is 1.85. The van der Waals surface area contributed by atoms with E-state index in [4.69, 9.17) is 0 Å². The van der Waals surface area contributed by atoms with E-state index < -0.39 is 0 Å². The van der Waals surface area contributed by atoms with Gasteiger partial charge in [-0.15, -0.1) is 0 Å². The average molecular weight is 96.6 g/mol. The molecule has 8 heavy (non-hydrogen) atoms. The molecule has 0 aromatic rings. The lowest BCUT2D eigenvalue weighted by atomic mass is 8.78. The highest BCUT2D eigenvalue weighted by Gasteiger charge is 2.06. The van der Waals surface area contributed by atoms with E-state index in [1.807, 2.05) is 0 Å². The number of hydrogen-bond acceptors (Lipinski definition) is 0. The van der Waals surface area contributed by atoms with Crippen molar-refractivity contribution < 1.29 is 0 Å². The Morgan fingerprint density at radius 3 is 1.62 bits per heavy atom. The molecule has 0 fully saturated rings. The van der Waals surface area contributed by atoms with Crippen molar-refractivity contribution in [3.63, 3.8) is 0 Å². The fourth-order valence-corrected chi connectivity index (χ4v) is 1.11. The van der Waals surface area contributed by atoms with Gasteiger partial charge in [0.2, 0.25) is 0 Å². The van der Waals surface area contributed by atoms with Crippen molar-refractivity contribution in [2.75, 3.05) is 0 Å². The maximum absolute atomic E-state index is 2.28. The molecule has 0 aromatic carbocycles. The zero-order valence-corrected chi connectivity index (χ0v) is 6.41. The van der Waals surface area contributed by atoms with Gasteiger partial charge in [0, 0.05) is 34.6 Å². The normalized spacial score (nSPS) is 7.00. The minimum atomic E-state index is 1.000. The van der Waals surface area contributed by atoms with Gasteiger partial charge in [0.25, 0.3) is 0 Å². The predicted molar refractivity (Wildman–Crippen MR) is 60.0 cm³/mol. The molecule has 0 aliphatic carbocycles. The first-order valence-corrected chi connectivity index (χ1v) is 3.85. The van der Waals surface area contributed by atoms with Crippen LogP contribution >= 0.6 is 0 Å². The van der Waals surface area contributed by atoms with Gasteiger partial charge < -0.3 is 0 Å². The Morgan fingerprint density at radius 2 is 1.50 bits per heavy atom. The molecular formula is H10B8. The molecule has 0 aliphatic heterocycles. The van der Waals surface area contributed by atoms with Crippen LogP contribution in [-0.4, -0.2) is 57.8 Å². The first kappa shape index (κ1) is 8.52. The SMILES string of the molecule is BBBB(BB)BB. The lowest BCUT2D eigenvalue weighted by Crippen LogP contribution is -2.41. The maximum atomic E-state index is 2.28. The monoisotopic (exact) mass is 98.2 g/mol. The van der Waals surface area contributed by atoms with Crippen LogP contribution < -0.4 is 0 Å². The highest BCUT2D eigenvalue weighted by Crippen LogP contribution is 1.65. The molecule has 0 rings (SSSR count). The standard InChI is InChI=1S/B8H10/c1-4-7-8(5-2)6-3/h4-7H,1-3H2. The Kier molecular flexibility index (Phi) is 6.02. The van der Waals surface area contributed by atoms with E-state index in [1.54, 1.807) is 0 Å². The van der Waals surface area contributed by atoms with Crippen molar-refractivity contribution in [3.8, 4) is 0 Å². The lowest BCUT2D eigenvalue weighted by Gasteiger charge is -2.00. The third kappa shape index (κ3) is 3.51. The fraction of sp³-hybridized carbons (Fsp3) is 0. The molecule has 0 saturated heterocycles. The molecule has 0 aromatic heterocycles. The van der Waals surface area contributed by atoms with Crippen LogP contribution in [0.15, 0.2) is 0 Å². The van der Waals surface area contributed by atoms with Crippen molar-refractivity contribution in [1.29, 1.82) is 0 Å². The van der Waals surface area contributed by atoms with E-state index in [2.05, 4.69) is 23.2 Å². The third-order valence-corrected chi connectivity index (χ3v) is 1.85. The second-order valence-electron chi connectivity index (χ2n) is 2.47. The van der Waals surface area contributed by atoms with Gasteiger partial charge in [0.05, 0.1) is 23.2 Å². The van der Waals surface area contributed by atoms with Crippen LogP contribution in [0.2, 0.25) is 0 Å². The molecule has 0 nitrogen and oxygen atoms in total. The first-order chi connectivity index (χ1) is 3.85. The van der Waals surface area contributed by atoms with E-state index in [0.29, 0.717) is 0 Å². The van der Waals surface area contributed by atoms with E-state index in [9.17, 15) is 0 Å². The zero-order chi connectivity index (χ0) is 6.41. The van der Waals surface area contributed by atoms with E-state index in [1.165, 1.54) is 28.2 Å². The fourth-order valence-electron chi connectivity index (χ4n) is 1.11. The Hall–Kier alpha value is 0.519. The van der Waals surface area contributed by atoms with Crippen LogP contribution in [0.4, 0.5) is 0 Å². The van der Waals surface area contributed by atoms with Crippen LogP contribution in [0.3, 0.4) is 0 Å². The summed E-state index contributed by atoms with van der Waals surface area (Å²) in [5, 5.41) is 0. The minimum Gasteiger partial charge on any atom is 0.0168 e. The van der Waals surface area contributed by atoms with Gasteiger partial charge in [-0.25, -0.2) is 0 Å². The predicted octanol–water partition coefficient (Wildman–Crippen LogP) is -5.72. The van der Waals surface area contributed by atoms with Crippen molar-refractivity contribution in [3.05, 3.63) is 0 Å². The molecule has 0 atom stereocenters. The summed E-state index contributed by atoms with van der Waals surface area (Å²) in [5.74, 6) is 0. The molecule has 0 N–H and O–H groups in total. The van der Waals surface area contributed by atoms with Gasteiger partial charge in [-0.1, -0.05) is 0 Å². The van der Waals surface area contributed by atoms with Crippen LogP contribution in [0, 0.1) is 0 Å². The smallest absolute Gasteiger partial charge is 0.0168 e. The summed E-state index contributed by atoms with van der Waals surface area (Å²) in [4.78, 5) is 0. The Morgan fingerprint density at radius 1 is 1.00 bits per heavy atom. The number of rotatable bonds is 4. The Balaban J connectivity index is 3.07. The maximum Gasteiger partial charge on any atom is 0.0597 e. The molecule has 0 saturated carbocycles. The summed E-state index contributed by atoms with van der Waals surface area (Å²) in [6, 6.07) is 0. The molecule has 0 radical (unpaired) electrons. The van der Waals surface area contributed by atoms with E-state index in [-0.39, 0.29) is 0 Å². The molecule has 34 valence electrons. The average Bonchev–Trinajstić information content (AvgIpc) is 1.83. The molecule has 8 heteroatoms. The van der Waals surface area contributed by atoms with Crippen molar-refractivity contribution in [2.45, 2.75) is 0 Å². The van der Waals surface area contributed by atoms with Gasteiger partial charge >= 0.3 is 0 Å². The van der Waals surface area contributed by atoms with E-state index >= 15 is 0 Å². The second-order valence-corrected chi connectivity index (χ2v) is 2.47. The lowest BCUT2D eigenvalue weighted by molar-refractivity contribution is 3.73. The summed E-state index contributed by atoms with van der Waals surface area (Å²) in [7, 11) is 12.3. The van der Waals surface area contributed by atoms with Crippen molar-refractivity contribution in [1.82, 2.24) is 0 Å². The highest BCUT2D eigenvalue weighted by molar-refractivity contribution is 7.79. The second kappa shape index (κ2) is 5.65. The first-order valence-electron chi connectivity index (χ1n) is 3.85. The van der Waals surface area contributed by atoms with E-state index in [0.717, 1.165) is 6.39 Å². The van der Waals surface area contributed by atoms with Crippen LogP contribution in [0.5, 0.6) is 0 Å². The van der Waals surface area contributed by atoms with Crippen LogP contribution in [0.25, 0.3) is 0 Å². The number of hydrogen-bond donors (Lipinski definition) is 0. The van der Waals surface area contributed by atoms with Crippen LogP contribution in [0.1, 0.15) is 0 Å². The van der Waals surface area contributed by atoms with Gasteiger partial charge in [-0.3, -0.25) is 0 Å². The van der Waals surface area contributed by atoms with Gasteiger partial charge in [0.15, 0.2) is 0 Å². The minimum absolute atomic E-state index is 1.000. The highest BCUT2D eigenvalue weighted by atomic mass is 12.8. The zero-order valence-electron chi connectivity index (χ0n) is 6.41. The molecular weight excluding hydrogens is 86.5 g/mol.